The minimum atomic E-state index is -3.61. The van der Waals surface area contributed by atoms with E-state index < -0.39 is 10.0 Å². The Balaban J connectivity index is 1.75. The Kier molecular flexibility index (Phi) is 10.6. The fourth-order valence-corrected chi connectivity index (χ4v) is 4.72. The number of carbonyl (C=O) groups is 1. The number of unbranched alkanes of at least 4 members (excludes halogenated alkanes) is 2. The summed E-state index contributed by atoms with van der Waals surface area (Å²) in [6.07, 6.45) is 4.49. The number of ether oxygens (including phenoxy) is 3. The Morgan fingerprint density at radius 3 is 2.52 bits per heavy atom. The predicted molar refractivity (Wildman–Crippen MR) is 119 cm³/mol. The summed E-state index contributed by atoms with van der Waals surface area (Å²) in [4.78, 5) is 14.7. The van der Waals surface area contributed by atoms with E-state index in [9.17, 15) is 13.2 Å². The van der Waals surface area contributed by atoms with Gasteiger partial charge in [0.05, 0.1) is 11.5 Å². The zero-order valence-electron chi connectivity index (χ0n) is 18.9. The summed E-state index contributed by atoms with van der Waals surface area (Å²) in [5, 5.41) is 0. The molecular weight excluding hydrogens is 420 g/mol. The van der Waals surface area contributed by atoms with Gasteiger partial charge in [0.25, 0.3) is 0 Å². The van der Waals surface area contributed by atoms with Gasteiger partial charge in [0.1, 0.15) is 13.2 Å². The third-order valence-electron chi connectivity index (χ3n) is 5.42. The number of carbonyl (C=O) groups excluding carboxylic acids is 1. The first-order valence-corrected chi connectivity index (χ1v) is 12.6. The lowest BCUT2D eigenvalue weighted by Gasteiger charge is -2.30. The third kappa shape index (κ3) is 7.66. The van der Waals surface area contributed by atoms with Crippen LogP contribution < -0.4 is 14.2 Å². The molecule has 9 heteroatoms. The van der Waals surface area contributed by atoms with Crippen LogP contribution in [0.2, 0.25) is 0 Å². The van der Waals surface area contributed by atoms with E-state index in [1.807, 2.05) is 4.90 Å². The van der Waals surface area contributed by atoms with Crippen molar-refractivity contribution in [1.82, 2.24) is 9.62 Å². The van der Waals surface area contributed by atoms with Crippen LogP contribution in [0.3, 0.4) is 0 Å². The number of benzene rings is 1. The highest BCUT2D eigenvalue weighted by Crippen LogP contribution is 2.32. The molecule has 0 fully saturated rings. The van der Waals surface area contributed by atoms with Gasteiger partial charge >= 0.3 is 0 Å². The fraction of sp³-hybridized carbons (Fsp3) is 0.682. The van der Waals surface area contributed by atoms with Gasteiger partial charge in [0.15, 0.2) is 11.5 Å². The minimum Gasteiger partial charge on any atom is -0.486 e. The number of nitrogens with zero attached hydrogens (tertiary/aromatic N) is 1. The van der Waals surface area contributed by atoms with Crippen molar-refractivity contribution in [3.63, 3.8) is 0 Å². The van der Waals surface area contributed by atoms with Gasteiger partial charge in [-0.05, 0) is 37.8 Å². The fourth-order valence-electron chi connectivity index (χ4n) is 3.63. The second kappa shape index (κ2) is 12.9. The van der Waals surface area contributed by atoms with Crippen LogP contribution in [0.25, 0.3) is 0 Å². The monoisotopic (exact) mass is 456 g/mol. The van der Waals surface area contributed by atoms with Crippen molar-refractivity contribution in [3.8, 4) is 11.5 Å². The van der Waals surface area contributed by atoms with Crippen molar-refractivity contribution in [2.24, 2.45) is 0 Å². The van der Waals surface area contributed by atoms with Crippen LogP contribution in [0.5, 0.6) is 11.5 Å². The highest BCUT2D eigenvalue weighted by molar-refractivity contribution is 7.89. The SMILES string of the molecule is CCC(CC)N(CCOC)C(=O)CCCCCNS(=O)(=O)c1ccc2c(c1)OCCO2. The Morgan fingerprint density at radius 1 is 1.13 bits per heavy atom. The first kappa shape index (κ1) is 25.4. The second-order valence-electron chi connectivity index (χ2n) is 7.56. The van der Waals surface area contributed by atoms with E-state index in [4.69, 9.17) is 14.2 Å². The highest BCUT2D eigenvalue weighted by atomic mass is 32.2. The van der Waals surface area contributed by atoms with Crippen molar-refractivity contribution in [1.29, 1.82) is 0 Å². The molecule has 1 aliphatic heterocycles. The standard InChI is InChI=1S/C22H36N2O6S/c1-4-18(5-2)24(13-14-28-3)22(25)9-7-6-8-12-23-31(26,27)19-10-11-20-21(17-19)30-16-15-29-20/h10-11,17-18,23H,4-9,12-16H2,1-3H3. The van der Waals surface area contributed by atoms with Crippen LogP contribution in [0.15, 0.2) is 23.1 Å². The van der Waals surface area contributed by atoms with E-state index in [-0.39, 0.29) is 16.8 Å². The summed E-state index contributed by atoms with van der Waals surface area (Å²) in [7, 11) is -1.97. The van der Waals surface area contributed by atoms with Gasteiger partial charge in [-0.2, -0.15) is 0 Å². The molecule has 0 aromatic heterocycles. The largest absolute Gasteiger partial charge is 0.486 e. The molecule has 31 heavy (non-hydrogen) atoms. The Bertz CT molecular complexity index is 795. The number of amides is 1. The van der Waals surface area contributed by atoms with E-state index in [1.165, 1.54) is 12.1 Å². The lowest BCUT2D eigenvalue weighted by Crippen LogP contribution is -2.41. The molecule has 0 bridgehead atoms. The molecule has 1 aliphatic rings. The highest BCUT2D eigenvalue weighted by Gasteiger charge is 2.21. The van der Waals surface area contributed by atoms with Crippen LogP contribution >= 0.6 is 0 Å². The average molecular weight is 457 g/mol. The molecule has 0 spiro atoms. The van der Waals surface area contributed by atoms with Crippen molar-refractivity contribution >= 4 is 15.9 Å². The van der Waals surface area contributed by atoms with Crippen LogP contribution in [0.4, 0.5) is 0 Å². The van der Waals surface area contributed by atoms with Crippen LogP contribution in [-0.2, 0) is 19.6 Å². The van der Waals surface area contributed by atoms with Gasteiger partial charge < -0.3 is 19.1 Å². The van der Waals surface area contributed by atoms with Gasteiger partial charge in [-0.3, -0.25) is 4.79 Å². The summed E-state index contributed by atoms with van der Waals surface area (Å²) >= 11 is 0. The van der Waals surface area contributed by atoms with Crippen molar-refractivity contribution < 1.29 is 27.4 Å². The molecular formula is C22H36N2O6S. The smallest absolute Gasteiger partial charge is 0.240 e. The van der Waals surface area contributed by atoms with E-state index in [2.05, 4.69) is 18.6 Å². The topological polar surface area (TPSA) is 94.2 Å². The first-order chi connectivity index (χ1) is 14.9. The van der Waals surface area contributed by atoms with Crippen LogP contribution in [-0.4, -0.2) is 65.3 Å². The first-order valence-electron chi connectivity index (χ1n) is 11.1. The molecule has 1 heterocycles. The van der Waals surface area contributed by atoms with Crippen molar-refractivity contribution in [3.05, 3.63) is 18.2 Å². The zero-order chi connectivity index (χ0) is 22.7. The van der Waals surface area contributed by atoms with E-state index >= 15 is 0 Å². The molecule has 1 amide bonds. The normalized spacial score (nSPS) is 13.4. The molecule has 1 N–H and O–H groups in total. The van der Waals surface area contributed by atoms with Gasteiger partial charge in [-0.15, -0.1) is 0 Å². The van der Waals surface area contributed by atoms with E-state index in [0.29, 0.717) is 57.3 Å². The molecule has 8 nitrogen and oxygen atoms in total. The maximum Gasteiger partial charge on any atom is 0.240 e. The summed E-state index contributed by atoms with van der Waals surface area (Å²) in [6, 6.07) is 4.85. The molecule has 176 valence electrons. The molecule has 0 radical (unpaired) electrons. The van der Waals surface area contributed by atoms with E-state index in [0.717, 1.165) is 25.7 Å². The van der Waals surface area contributed by atoms with Gasteiger partial charge in [-0.25, -0.2) is 13.1 Å². The van der Waals surface area contributed by atoms with E-state index in [1.54, 1.807) is 13.2 Å². The lowest BCUT2D eigenvalue weighted by atomic mass is 10.1. The molecule has 0 atom stereocenters. The summed E-state index contributed by atoms with van der Waals surface area (Å²) in [5.41, 5.74) is 0. The number of sulfonamides is 1. The molecule has 0 saturated heterocycles. The number of rotatable bonds is 14. The third-order valence-corrected chi connectivity index (χ3v) is 6.88. The predicted octanol–water partition coefficient (Wildman–Crippen LogP) is 2.96. The van der Waals surface area contributed by atoms with Crippen LogP contribution in [0, 0.1) is 0 Å². The summed E-state index contributed by atoms with van der Waals surface area (Å²) in [5.74, 6) is 1.15. The molecule has 2 rings (SSSR count). The second-order valence-corrected chi connectivity index (χ2v) is 9.33. The minimum absolute atomic E-state index is 0.141. The van der Waals surface area contributed by atoms with Crippen molar-refractivity contribution in [2.75, 3.05) is 40.0 Å². The number of hydrogen-bond acceptors (Lipinski definition) is 6. The van der Waals surface area contributed by atoms with Crippen molar-refractivity contribution in [2.45, 2.75) is 63.3 Å². The Morgan fingerprint density at radius 2 is 1.84 bits per heavy atom. The Hall–Kier alpha value is -1.84. The van der Waals surface area contributed by atoms with Crippen LogP contribution in [0.1, 0.15) is 52.4 Å². The summed E-state index contributed by atoms with van der Waals surface area (Å²) < 4.78 is 43.7. The Labute approximate surface area is 186 Å². The average Bonchev–Trinajstić information content (AvgIpc) is 2.78. The number of fused-ring (bicyclic) bond motifs is 1. The number of methoxy groups -OCH3 is 1. The van der Waals surface area contributed by atoms with Gasteiger partial charge in [0.2, 0.25) is 15.9 Å². The number of hydrogen-bond donors (Lipinski definition) is 1. The lowest BCUT2D eigenvalue weighted by molar-refractivity contribution is -0.134. The quantitative estimate of drug-likeness (QED) is 0.433. The molecule has 0 aliphatic carbocycles. The summed E-state index contributed by atoms with van der Waals surface area (Å²) in [6.45, 7) is 6.51. The zero-order valence-corrected chi connectivity index (χ0v) is 19.7. The molecule has 1 aromatic carbocycles. The van der Waals surface area contributed by atoms with Gasteiger partial charge in [0, 0.05) is 38.7 Å². The molecule has 0 unspecified atom stereocenters. The molecule has 1 aromatic rings. The van der Waals surface area contributed by atoms with Gasteiger partial charge in [-0.1, -0.05) is 20.3 Å². The maximum atomic E-state index is 12.6. The maximum absolute atomic E-state index is 12.6. The molecule has 0 saturated carbocycles. The number of nitrogens with one attached hydrogen (secondary N) is 1.